The molecule has 96 heavy (non-hydrogen) atoms. The molecule has 0 radical (unpaired) electrons. The second-order valence-electron chi connectivity index (χ2n) is 27.7. The number of carbonyl (C=O) groups is 4. The SMILES string of the molecule is CCCCCCCCCCCCCCCCCCCCCCCC(=O)O[C@H](COC(=O)CCCCCCCCCCCCCCCCCC)COP(=O)(O)OC[C@@H](O)COP(=O)(O)OC[C@@H](COC(=O)CCCCCCC)OC(=O)CCCCCCCCCCCCCCCC. The second kappa shape index (κ2) is 71.5. The number of phosphoric ester groups is 2. The lowest BCUT2D eigenvalue weighted by atomic mass is 10.0. The van der Waals surface area contributed by atoms with Gasteiger partial charge >= 0.3 is 39.5 Å². The normalized spacial score (nSPS) is 13.9. The van der Waals surface area contributed by atoms with E-state index in [2.05, 4.69) is 27.7 Å². The maximum Gasteiger partial charge on any atom is 0.472 e. The topological polar surface area (TPSA) is 237 Å². The van der Waals surface area contributed by atoms with Crippen LogP contribution in [0.1, 0.15) is 413 Å². The summed E-state index contributed by atoms with van der Waals surface area (Å²) in [7, 11) is -9.90. The van der Waals surface area contributed by atoms with Gasteiger partial charge < -0.3 is 33.8 Å². The van der Waals surface area contributed by atoms with Gasteiger partial charge in [-0.25, -0.2) is 9.13 Å². The molecule has 0 aromatic heterocycles. The molecule has 570 valence electrons. The van der Waals surface area contributed by atoms with Crippen LogP contribution in [-0.2, 0) is 65.4 Å². The molecule has 17 nitrogen and oxygen atoms in total. The first-order valence-corrected chi connectivity index (χ1v) is 43.3. The lowest BCUT2D eigenvalue weighted by Crippen LogP contribution is -2.30. The van der Waals surface area contributed by atoms with E-state index in [1.54, 1.807) is 0 Å². The Morgan fingerprint density at radius 3 is 0.615 bits per heavy atom. The molecule has 19 heteroatoms. The summed E-state index contributed by atoms with van der Waals surface area (Å²) < 4.78 is 68.3. The number of aliphatic hydroxyl groups excluding tert-OH is 1. The minimum atomic E-state index is -4.95. The van der Waals surface area contributed by atoms with Crippen LogP contribution in [0.15, 0.2) is 0 Å². The van der Waals surface area contributed by atoms with Gasteiger partial charge in [0.1, 0.15) is 19.3 Å². The monoisotopic (exact) mass is 1410 g/mol. The highest BCUT2D eigenvalue weighted by Crippen LogP contribution is 2.45. The molecule has 0 aliphatic rings. The number of unbranched alkanes of at least 4 members (excludes halogenated alkanes) is 52. The van der Waals surface area contributed by atoms with E-state index in [0.717, 1.165) is 96.3 Å². The predicted octanol–water partition coefficient (Wildman–Crippen LogP) is 23.0. The number of phosphoric acid groups is 2. The van der Waals surface area contributed by atoms with Gasteiger partial charge in [-0.2, -0.15) is 0 Å². The molecule has 0 rings (SSSR count). The van der Waals surface area contributed by atoms with Crippen LogP contribution in [0.5, 0.6) is 0 Å². The first-order valence-electron chi connectivity index (χ1n) is 40.3. The van der Waals surface area contributed by atoms with E-state index in [1.807, 2.05) is 0 Å². The van der Waals surface area contributed by atoms with E-state index in [9.17, 15) is 43.2 Å². The summed E-state index contributed by atoms with van der Waals surface area (Å²) in [6.45, 7) is 4.91. The molecule has 0 aromatic carbocycles. The summed E-state index contributed by atoms with van der Waals surface area (Å²) in [5.41, 5.74) is 0. The highest BCUT2D eigenvalue weighted by atomic mass is 31.2. The van der Waals surface area contributed by atoms with Crippen LogP contribution < -0.4 is 0 Å². The van der Waals surface area contributed by atoms with Gasteiger partial charge in [0.15, 0.2) is 12.2 Å². The first-order chi connectivity index (χ1) is 46.7. The smallest absolute Gasteiger partial charge is 0.462 e. The van der Waals surface area contributed by atoms with E-state index >= 15 is 0 Å². The zero-order valence-electron chi connectivity index (χ0n) is 62.4. The Labute approximate surface area is 588 Å². The lowest BCUT2D eigenvalue weighted by Gasteiger charge is -2.21. The largest absolute Gasteiger partial charge is 0.472 e. The van der Waals surface area contributed by atoms with Crippen LogP contribution in [0.4, 0.5) is 0 Å². The Hall–Kier alpha value is -1.94. The minimum Gasteiger partial charge on any atom is -0.462 e. The molecule has 0 aliphatic carbocycles. The zero-order chi connectivity index (χ0) is 70.4. The van der Waals surface area contributed by atoms with Gasteiger partial charge in [-0.05, 0) is 25.7 Å². The molecule has 0 saturated carbocycles. The standard InChI is InChI=1S/C77H150O17P2/c1-5-9-13-17-20-23-26-29-32-34-35-36-37-38-40-43-46-49-52-56-60-64-77(82)94-73(68-88-75(80)62-58-54-50-47-44-42-39-33-30-27-24-21-18-14-10-6-2)70-92-96(85,86)90-66-71(78)65-89-95(83,84)91-69-72(67-87-74(79)61-57-53-16-12-8-4)93-76(81)63-59-55-51-48-45-41-31-28-25-22-19-15-11-7-3/h71-73,78H,5-70H2,1-4H3,(H,83,84)(H,85,86)/t71-,72+,73+/m0/s1. The van der Waals surface area contributed by atoms with Gasteiger partial charge in [-0.15, -0.1) is 0 Å². The summed E-state index contributed by atoms with van der Waals surface area (Å²) in [6, 6.07) is 0. The van der Waals surface area contributed by atoms with E-state index in [0.29, 0.717) is 25.7 Å². The molecule has 3 N–H and O–H groups in total. The third-order valence-corrected chi connectivity index (χ3v) is 20.0. The maximum atomic E-state index is 13.1. The fraction of sp³-hybridized carbons (Fsp3) is 0.948. The Kier molecular flexibility index (Phi) is 70.0. The van der Waals surface area contributed by atoms with Crippen LogP contribution in [0, 0.1) is 0 Å². The predicted molar refractivity (Wildman–Crippen MR) is 391 cm³/mol. The number of rotatable bonds is 78. The van der Waals surface area contributed by atoms with Gasteiger partial charge in [0, 0.05) is 25.7 Å². The molecule has 0 spiro atoms. The van der Waals surface area contributed by atoms with Crippen molar-refractivity contribution in [1.82, 2.24) is 0 Å². The molecule has 2 unspecified atom stereocenters. The molecule has 0 amide bonds. The van der Waals surface area contributed by atoms with E-state index in [4.69, 9.17) is 37.0 Å². The third-order valence-electron chi connectivity index (χ3n) is 18.1. The van der Waals surface area contributed by atoms with Crippen LogP contribution in [0.25, 0.3) is 0 Å². The summed E-state index contributed by atoms with van der Waals surface area (Å²) in [5, 5.41) is 10.6. The van der Waals surface area contributed by atoms with Crippen LogP contribution in [0.2, 0.25) is 0 Å². The first kappa shape index (κ1) is 94.1. The maximum absolute atomic E-state index is 13.1. The van der Waals surface area contributed by atoms with Crippen molar-refractivity contribution >= 4 is 39.5 Å². The Morgan fingerprint density at radius 1 is 0.250 bits per heavy atom. The number of hydrogen-bond donors (Lipinski definition) is 3. The van der Waals surface area contributed by atoms with Crippen molar-refractivity contribution < 1.29 is 80.2 Å². The number of carbonyl (C=O) groups excluding carboxylic acids is 4. The van der Waals surface area contributed by atoms with Crippen molar-refractivity contribution in [3.05, 3.63) is 0 Å². The second-order valence-corrected chi connectivity index (χ2v) is 30.7. The highest BCUT2D eigenvalue weighted by molar-refractivity contribution is 7.47. The molecule has 0 aromatic rings. The van der Waals surface area contributed by atoms with Crippen molar-refractivity contribution in [1.29, 1.82) is 0 Å². The third kappa shape index (κ3) is 70.5. The van der Waals surface area contributed by atoms with E-state index in [1.165, 1.54) is 238 Å². The summed E-state index contributed by atoms with van der Waals surface area (Å²) in [6.07, 6.45) is 62.9. The van der Waals surface area contributed by atoms with Crippen molar-refractivity contribution in [2.45, 2.75) is 431 Å². The van der Waals surface area contributed by atoms with Crippen molar-refractivity contribution in [2.75, 3.05) is 39.6 Å². The molecule has 0 heterocycles. The average molecular weight is 1410 g/mol. The van der Waals surface area contributed by atoms with E-state index in [-0.39, 0.29) is 25.7 Å². The van der Waals surface area contributed by atoms with Crippen LogP contribution >= 0.6 is 15.6 Å². The lowest BCUT2D eigenvalue weighted by molar-refractivity contribution is -0.161. The van der Waals surface area contributed by atoms with Crippen molar-refractivity contribution in [2.24, 2.45) is 0 Å². The quantitative estimate of drug-likeness (QED) is 0.0222. The summed E-state index contributed by atoms with van der Waals surface area (Å²) in [4.78, 5) is 72.6. The number of hydrogen-bond acceptors (Lipinski definition) is 15. The fourth-order valence-electron chi connectivity index (χ4n) is 11.9. The van der Waals surface area contributed by atoms with Gasteiger partial charge in [0.05, 0.1) is 26.4 Å². The fourth-order valence-corrected chi connectivity index (χ4v) is 13.5. The molecular weight excluding hydrogens is 1260 g/mol. The van der Waals surface area contributed by atoms with Crippen molar-refractivity contribution in [3.63, 3.8) is 0 Å². The van der Waals surface area contributed by atoms with Gasteiger partial charge in [-0.3, -0.25) is 37.3 Å². The van der Waals surface area contributed by atoms with Crippen LogP contribution in [-0.4, -0.2) is 96.7 Å². The van der Waals surface area contributed by atoms with Gasteiger partial charge in [-0.1, -0.05) is 362 Å². The molecule has 0 saturated heterocycles. The Morgan fingerprint density at radius 2 is 0.417 bits per heavy atom. The van der Waals surface area contributed by atoms with Crippen molar-refractivity contribution in [3.8, 4) is 0 Å². The number of esters is 4. The number of aliphatic hydroxyl groups is 1. The van der Waals surface area contributed by atoms with Gasteiger partial charge in [0.25, 0.3) is 0 Å². The van der Waals surface area contributed by atoms with Crippen LogP contribution in [0.3, 0.4) is 0 Å². The average Bonchev–Trinajstić information content (AvgIpc) is 1.47. The minimum absolute atomic E-state index is 0.108. The summed E-state index contributed by atoms with van der Waals surface area (Å²) >= 11 is 0. The Bertz CT molecular complexity index is 1830. The van der Waals surface area contributed by atoms with Gasteiger partial charge in [0.2, 0.25) is 0 Å². The molecule has 0 aliphatic heterocycles. The highest BCUT2D eigenvalue weighted by Gasteiger charge is 2.30. The number of ether oxygens (including phenoxy) is 4. The van der Waals surface area contributed by atoms with E-state index < -0.39 is 97.5 Å². The zero-order valence-corrected chi connectivity index (χ0v) is 64.1. The molecule has 0 bridgehead atoms. The molecule has 5 atom stereocenters. The Balaban J connectivity index is 5.12. The molecular formula is C77H150O17P2. The molecule has 0 fully saturated rings. The summed E-state index contributed by atoms with van der Waals surface area (Å²) in [5.74, 6) is -2.12.